The summed E-state index contributed by atoms with van der Waals surface area (Å²) in [7, 11) is 3.01. The number of amides is 1. The number of aliphatic carboxylic acids is 1. The maximum Gasteiger partial charge on any atom is 0.303 e. The smallest absolute Gasteiger partial charge is 0.303 e. The van der Waals surface area contributed by atoms with E-state index in [0.717, 1.165) is 5.69 Å². The molecular weight excluding hydrogens is 506 g/mol. The number of carboxylic acids is 1. The van der Waals surface area contributed by atoms with Crippen LogP contribution in [0.15, 0.2) is 65.1 Å². The summed E-state index contributed by atoms with van der Waals surface area (Å²) in [4.78, 5) is 28.0. The summed E-state index contributed by atoms with van der Waals surface area (Å²) in [6.45, 7) is 1.67. The highest BCUT2D eigenvalue weighted by Gasteiger charge is 2.16. The zero-order valence-corrected chi connectivity index (χ0v) is 21.7. The van der Waals surface area contributed by atoms with Gasteiger partial charge >= 0.3 is 5.97 Å². The number of methoxy groups -OCH3 is 2. The molecule has 0 aliphatic carbocycles. The maximum absolute atomic E-state index is 12.6. The Morgan fingerprint density at radius 2 is 1.72 bits per heavy atom. The van der Waals surface area contributed by atoms with E-state index in [4.69, 9.17) is 28.5 Å². The van der Waals surface area contributed by atoms with Crippen LogP contribution in [0.25, 0.3) is 11.1 Å². The lowest BCUT2D eigenvalue weighted by Crippen LogP contribution is -2.20. The Bertz CT molecular complexity index is 1440. The van der Waals surface area contributed by atoms with Crippen molar-refractivity contribution in [2.45, 2.75) is 13.3 Å². The first-order chi connectivity index (χ1) is 18.8. The maximum atomic E-state index is 12.6. The Balaban J connectivity index is 1.39. The fourth-order valence-corrected chi connectivity index (χ4v) is 3.71. The molecule has 204 valence electrons. The second-order valence-electron chi connectivity index (χ2n) is 8.70. The average molecular weight is 536 g/mol. The molecule has 0 bridgehead atoms. The Morgan fingerprint density at radius 1 is 0.949 bits per heavy atom. The highest BCUT2D eigenvalue weighted by Crippen LogP contribution is 2.34. The fourth-order valence-electron chi connectivity index (χ4n) is 3.71. The van der Waals surface area contributed by atoms with Gasteiger partial charge in [0.05, 0.1) is 27.2 Å². The first-order valence-electron chi connectivity index (χ1n) is 12.1. The number of para-hydroxylation sites is 1. The number of ether oxygens (including phenoxy) is 4. The molecule has 0 saturated heterocycles. The van der Waals surface area contributed by atoms with E-state index in [-0.39, 0.29) is 25.6 Å². The molecule has 11 heteroatoms. The van der Waals surface area contributed by atoms with E-state index in [2.05, 4.69) is 15.6 Å². The van der Waals surface area contributed by atoms with E-state index in [9.17, 15) is 9.59 Å². The van der Waals surface area contributed by atoms with E-state index in [1.165, 1.54) is 14.2 Å². The number of carboxylic acid groups (broad SMARTS) is 1. The van der Waals surface area contributed by atoms with Crippen LogP contribution in [-0.2, 0) is 9.59 Å². The average Bonchev–Trinajstić information content (AvgIpc) is 3.32. The lowest BCUT2D eigenvalue weighted by Gasteiger charge is -2.15. The molecule has 1 heterocycles. The lowest BCUT2D eigenvalue weighted by molar-refractivity contribution is -0.138. The van der Waals surface area contributed by atoms with Gasteiger partial charge in [-0.25, -0.2) is 0 Å². The van der Waals surface area contributed by atoms with Crippen molar-refractivity contribution in [2.75, 3.05) is 38.1 Å². The Hall–Kier alpha value is -4.93. The summed E-state index contributed by atoms with van der Waals surface area (Å²) in [6, 6.07) is 17.9. The molecule has 1 aromatic heterocycles. The van der Waals surface area contributed by atoms with Crippen LogP contribution in [-0.4, -0.2) is 49.4 Å². The Kier molecular flexibility index (Phi) is 8.72. The monoisotopic (exact) mass is 535 g/mol. The number of aromatic nitrogens is 1. The van der Waals surface area contributed by atoms with Gasteiger partial charge in [0.1, 0.15) is 5.75 Å². The number of hydrogen-bond donors (Lipinski definition) is 3. The third kappa shape index (κ3) is 7.31. The molecular formula is C28H29N3O8. The van der Waals surface area contributed by atoms with Crippen molar-refractivity contribution in [3.8, 4) is 23.0 Å². The molecule has 3 N–H and O–H groups in total. The Morgan fingerprint density at radius 3 is 2.44 bits per heavy atom. The van der Waals surface area contributed by atoms with Gasteiger partial charge in [0.2, 0.25) is 0 Å². The minimum atomic E-state index is -0.900. The van der Waals surface area contributed by atoms with Crippen LogP contribution in [0.4, 0.5) is 17.4 Å². The van der Waals surface area contributed by atoms with Gasteiger partial charge in [-0.15, -0.1) is 0 Å². The van der Waals surface area contributed by atoms with Gasteiger partial charge in [-0.05, 0) is 24.3 Å². The number of nitrogens with one attached hydrogen (secondary N) is 2. The van der Waals surface area contributed by atoms with E-state index in [1.807, 2.05) is 30.3 Å². The molecule has 0 fully saturated rings. The van der Waals surface area contributed by atoms with Crippen LogP contribution < -0.4 is 29.6 Å². The topological polar surface area (TPSA) is 141 Å². The molecule has 4 aromatic rings. The normalized spacial score (nSPS) is 11.5. The summed E-state index contributed by atoms with van der Waals surface area (Å²) in [5, 5.41) is 14.8. The summed E-state index contributed by atoms with van der Waals surface area (Å²) >= 11 is 0. The SMILES string of the molecule is COc1ccc(NC(=O)COc2cc(OC)c3nc(Nc4ccccc4)oc3c2)cc1OCC(C)CC(=O)O. The molecule has 1 amide bonds. The zero-order valence-electron chi connectivity index (χ0n) is 21.7. The molecule has 0 spiro atoms. The van der Waals surface area contributed by atoms with Crippen molar-refractivity contribution in [1.82, 2.24) is 4.98 Å². The molecule has 1 unspecified atom stereocenters. The molecule has 0 aliphatic rings. The van der Waals surface area contributed by atoms with Crippen molar-refractivity contribution in [3.63, 3.8) is 0 Å². The summed E-state index contributed by atoms with van der Waals surface area (Å²) in [6.07, 6.45) is -0.0222. The van der Waals surface area contributed by atoms with Crippen LogP contribution >= 0.6 is 0 Å². The molecule has 0 aliphatic heterocycles. The Labute approximate surface area is 224 Å². The van der Waals surface area contributed by atoms with Gasteiger partial charge in [-0.3, -0.25) is 9.59 Å². The molecule has 1 atom stereocenters. The van der Waals surface area contributed by atoms with Gasteiger partial charge < -0.3 is 39.1 Å². The molecule has 0 radical (unpaired) electrons. The van der Waals surface area contributed by atoms with Crippen LogP contribution in [0.1, 0.15) is 13.3 Å². The highest BCUT2D eigenvalue weighted by atomic mass is 16.5. The minimum Gasteiger partial charge on any atom is -0.494 e. The van der Waals surface area contributed by atoms with Crippen molar-refractivity contribution in [3.05, 3.63) is 60.7 Å². The number of rotatable bonds is 13. The minimum absolute atomic E-state index is 0.0222. The molecule has 11 nitrogen and oxygen atoms in total. The number of hydrogen-bond acceptors (Lipinski definition) is 9. The van der Waals surface area contributed by atoms with Crippen molar-refractivity contribution < 1.29 is 38.1 Å². The van der Waals surface area contributed by atoms with E-state index < -0.39 is 11.9 Å². The number of benzene rings is 3. The third-order valence-electron chi connectivity index (χ3n) is 5.54. The predicted molar refractivity (Wildman–Crippen MR) is 144 cm³/mol. The zero-order chi connectivity index (χ0) is 27.8. The van der Waals surface area contributed by atoms with Crippen LogP contribution in [0, 0.1) is 5.92 Å². The van der Waals surface area contributed by atoms with Crippen LogP contribution in [0.5, 0.6) is 23.0 Å². The molecule has 3 aromatic carbocycles. The predicted octanol–water partition coefficient (Wildman–Crippen LogP) is 5.10. The van der Waals surface area contributed by atoms with Crippen molar-refractivity contribution in [2.24, 2.45) is 5.92 Å². The fraction of sp³-hybridized carbons (Fsp3) is 0.250. The second-order valence-corrected chi connectivity index (χ2v) is 8.70. The van der Waals surface area contributed by atoms with Crippen molar-refractivity contribution in [1.29, 1.82) is 0 Å². The van der Waals surface area contributed by atoms with Crippen LogP contribution in [0.2, 0.25) is 0 Å². The second kappa shape index (κ2) is 12.5. The lowest BCUT2D eigenvalue weighted by atomic mass is 10.1. The summed E-state index contributed by atoms with van der Waals surface area (Å²) in [5.74, 6) is 0.124. The quantitative estimate of drug-likeness (QED) is 0.212. The molecule has 0 saturated carbocycles. The number of fused-ring (bicyclic) bond motifs is 1. The number of carbonyl (C=O) groups excluding carboxylic acids is 1. The molecule has 39 heavy (non-hydrogen) atoms. The van der Waals surface area contributed by atoms with E-state index in [1.54, 1.807) is 37.3 Å². The largest absolute Gasteiger partial charge is 0.494 e. The first kappa shape index (κ1) is 27.1. The standard InChI is InChI=1S/C28H29N3O8/c1-17(11-26(33)34)15-38-22-12-19(9-10-21(22)35-2)29-25(32)16-37-20-13-23(36-3)27-24(14-20)39-28(31-27)30-18-7-5-4-6-8-18/h4-10,12-14,17H,11,15-16H2,1-3H3,(H,29,32)(H,30,31)(H,33,34). The van der Waals surface area contributed by atoms with Gasteiger partial charge in [-0.2, -0.15) is 4.98 Å². The van der Waals surface area contributed by atoms with E-state index >= 15 is 0 Å². The van der Waals surface area contributed by atoms with Gasteiger partial charge in [-0.1, -0.05) is 25.1 Å². The number of nitrogens with zero attached hydrogens (tertiary/aromatic N) is 1. The first-order valence-corrected chi connectivity index (χ1v) is 12.1. The number of carbonyl (C=O) groups is 2. The summed E-state index contributed by atoms with van der Waals surface area (Å²) < 4.78 is 28.0. The third-order valence-corrected chi connectivity index (χ3v) is 5.54. The summed E-state index contributed by atoms with van der Waals surface area (Å²) in [5.41, 5.74) is 2.22. The number of oxazole rings is 1. The van der Waals surface area contributed by atoms with Gasteiger partial charge in [0, 0.05) is 35.5 Å². The molecule has 4 rings (SSSR count). The van der Waals surface area contributed by atoms with E-state index in [0.29, 0.717) is 45.8 Å². The highest BCUT2D eigenvalue weighted by molar-refractivity contribution is 5.92. The van der Waals surface area contributed by atoms with Crippen LogP contribution in [0.3, 0.4) is 0 Å². The van der Waals surface area contributed by atoms with Crippen molar-refractivity contribution >= 4 is 40.4 Å². The van der Waals surface area contributed by atoms with Gasteiger partial charge in [0.25, 0.3) is 11.9 Å². The number of anilines is 3. The van der Waals surface area contributed by atoms with Gasteiger partial charge in [0.15, 0.2) is 35.0 Å².